The van der Waals surface area contributed by atoms with Crippen molar-refractivity contribution in [3.8, 4) is 5.00 Å². The maximum absolute atomic E-state index is 13.7. The van der Waals surface area contributed by atoms with E-state index in [0.717, 1.165) is 18.5 Å². The van der Waals surface area contributed by atoms with E-state index in [-0.39, 0.29) is 18.0 Å². The van der Waals surface area contributed by atoms with E-state index >= 15 is 0 Å². The van der Waals surface area contributed by atoms with E-state index in [1.165, 1.54) is 41.0 Å². The summed E-state index contributed by atoms with van der Waals surface area (Å²) in [5.74, 6) is -0.191. The van der Waals surface area contributed by atoms with Crippen LogP contribution in [0, 0.1) is 5.92 Å². The topological polar surface area (TPSA) is 63.6 Å². The number of aryl methyl sites for hydroxylation is 1. The summed E-state index contributed by atoms with van der Waals surface area (Å²) in [6, 6.07) is 10.9. The van der Waals surface area contributed by atoms with Crippen LogP contribution in [0.3, 0.4) is 0 Å². The molecule has 0 radical (unpaired) electrons. The highest BCUT2D eigenvalue weighted by Crippen LogP contribution is 2.44. The molecule has 3 aromatic rings. The van der Waals surface area contributed by atoms with Crippen LogP contribution in [0.4, 0.5) is 10.5 Å². The number of rotatable bonds is 3. The van der Waals surface area contributed by atoms with Crippen molar-refractivity contribution in [2.45, 2.75) is 52.1 Å². The van der Waals surface area contributed by atoms with Crippen LogP contribution < -0.4 is 5.32 Å². The Labute approximate surface area is 198 Å². The van der Waals surface area contributed by atoms with Gasteiger partial charge in [-0.2, -0.15) is 0 Å². The van der Waals surface area contributed by atoms with Gasteiger partial charge in [0.25, 0.3) is 0 Å². The molecule has 2 amide bonds. The molecule has 2 aromatic heterocycles. The second-order valence-electron chi connectivity index (χ2n) is 9.12. The summed E-state index contributed by atoms with van der Waals surface area (Å²) in [5.41, 5.74) is 4.86. The standard InChI is InChI=1S/C26H29N3O3S/c1-16(2)23-21-11-7-13-28(21)24-20(19-10-4-5-12-22(19)33-24)15-29(23)26(31)27-18-9-6-8-17(14-18)25(30)32-3/h6-9,11,13-14,16,23H,4-5,10,12,15H2,1-3H3,(H,27,31). The van der Waals surface area contributed by atoms with Crippen molar-refractivity contribution in [3.05, 3.63) is 69.9 Å². The van der Waals surface area contributed by atoms with Gasteiger partial charge in [-0.15, -0.1) is 11.3 Å². The summed E-state index contributed by atoms with van der Waals surface area (Å²) in [6.07, 6.45) is 6.78. The maximum atomic E-state index is 13.7. The van der Waals surface area contributed by atoms with Crippen LogP contribution >= 0.6 is 11.3 Å². The maximum Gasteiger partial charge on any atom is 0.337 e. The van der Waals surface area contributed by atoms with Crippen LogP contribution in [0.25, 0.3) is 5.00 Å². The third-order valence-corrected chi connectivity index (χ3v) is 7.99. The van der Waals surface area contributed by atoms with Gasteiger partial charge in [-0.05, 0) is 67.5 Å². The van der Waals surface area contributed by atoms with Crippen molar-refractivity contribution in [2.24, 2.45) is 5.92 Å². The van der Waals surface area contributed by atoms with Gasteiger partial charge in [-0.3, -0.25) is 0 Å². The zero-order valence-electron chi connectivity index (χ0n) is 19.3. The van der Waals surface area contributed by atoms with Crippen molar-refractivity contribution in [1.82, 2.24) is 9.47 Å². The molecule has 0 saturated heterocycles. The van der Waals surface area contributed by atoms with Crippen LogP contribution in [0.5, 0.6) is 0 Å². The lowest BCUT2D eigenvalue weighted by molar-refractivity contribution is 0.0600. The molecule has 7 heteroatoms. The monoisotopic (exact) mass is 463 g/mol. The van der Waals surface area contributed by atoms with Crippen molar-refractivity contribution in [3.63, 3.8) is 0 Å². The smallest absolute Gasteiger partial charge is 0.337 e. The predicted octanol–water partition coefficient (Wildman–Crippen LogP) is 5.95. The molecule has 3 heterocycles. The summed E-state index contributed by atoms with van der Waals surface area (Å²) in [6.45, 7) is 4.90. The van der Waals surface area contributed by atoms with Crippen LogP contribution in [-0.4, -0.2) is 28.6 Å². The van der Waals surface area contributed by atoms with E-state index in [2.05, 4.69) is 42.1 Å². The number of carbonyl (C=O) groups is 2. The largest absolute Gasteiger partial charge is 0.465 e. The quantitative estimate of drug-likeness (QED) is 0.488. The van der Waals surface area contributed by atoms with Gasteiger partial charge < -0.3 is 19.5 Å². The molecule has 33 heavy (non-hydrogen) atoms. The molecule has 1 atom stereocenters. The summed E-state index contributed by atoms with van der Waals surface area (Å²) in [5, 5.41) is 4.30. The van der Waals surface area contributed by atoms with E-state index in [1.807, 2.05) is 16.2 Å². The lowest BCUT2D eigenvalue weighted by Crippen LogP contribution is -2.39. The normalized spacial score (nSPS) is 17.1. The molecule has 0 bridgehead atoms. The molecule has 6 nitrogen and oxygen atoms in total. The van der Waals surface area contributed by atoms with Crippen LogP contribution in [0.2, 0.25) is 0 Å². The van der Waals surface area contributed by atoms with Crippen LogP contribution in [0.15, 0.2) is 42.6 Å². The number of esters is 1. The summed E-state index contributed by atoms with van der Waals surface area (Å²) >= 11 is 1.89. The summed E-state index contributed by atoms with van der Waals surface area (Å²) in [7, 11) is 1.35. The molecule has 1 N–H and O–H groups in total. The molecule has 1 aliphatic carbocycles. The predicted molar refractivity (Wildman–Crippen MR) is 130 cm³/mol. The summed E-state index contributed by atoms with van der Waals surface area (Å²) < 4.78 is 7.13. The van der Waals surface area contributed by atoms with E-state index < -0.39 is 5.97 Å². The average Bonchev–Trinajstić information content (AvgIpc) is 3.40. The van der Waals surface area contributed by atoms with Gasteiger partial charge in [0.05, 0.1) is 25.3 Å². The first-order chi connectivity index (χ1) is 16.0. The van der Waals surface area contributed by atoms with E-state index in [0.29, 0.717) is 17.8 Å². The van der Waals surface area contributed by atoms with Gasteiger partial charge in [0, 0.05) is 28.0 Å². The number of amides is 2. The van der Waals surface area contributed by atoms with Crippen molar-refractivity contribution >= 4 is 29.0 Å². The highest BCUT2D eigenvalue weighted by atomic mass is 32.1. The molecule has 2 aliphatic rings. The molecule has 172 valence electrons. The van der Waals surface area contributed by atoms with Gasteiger partial charge in [0.1, 0.15) is 5.00 Å². The molecular formula is C26H29N3O3S. The number of aromatic nitrogens is 1. The molecule has 0 spiro atoms. The van der Waals surface area contributed by atoms with Crippen molar-refractivity contribution < 1.29 is 14.3 Å². The van der Waals surface area contributed by atoms with Crippen molar-refractivity contribution in [1.29, 1.82) is 0 Å². The van der Waals surface area contributed by atoms with Crippen molar-refractivity contribution in [2.75, 3.05) is 12.4 Å². The summed E-state index contributed by atoms with van der Waals surface area (Å²) in [4.78, 5) is 29.1. The molecule has 1 aliphatic heterocycles. The van der Waals surface area contributed by atoms with Gasteiger partial charge in [0.15, 0.2) is 0 Å². The fourth-order valence-corrected chi connectivity index (χ4v) is 6.56. The number of carbonyl (C=O) groups excluding carboxylic acids is 2. The zero-order valence-corrected chi connectivity index (χ0v) is 20.1. The first-order valence-electron chi connectivity index (χ1n) is 11.5. The van der Waals surface area contributed by atoms with E-state index in [1.54, 1.807) is 24.3 Å². The highest BCUT2D eigenvalue weighted by Gasteiger charge is 2.36. The molecular weight excluding hydrogens is 434 g/mol. The minimum Gasteiger partial charge on any atom is -0.465 e. The number of fused-ring (bicyclic) bond motifs is 5. The molecule has 1 aromatic carbocycles. The zero-order chi connectivity index (χ0) is 23.1. The second kappa shape index (κ2) is 8.71. The van der Waals surface area contributed by atoms with Gasteiger partial charge in [-0.25, -0.2) is 9.59 Å². The second-order valence-corrected chi connectivity index (χ2v) is 10.2. The van der Waals surface area contributed by atoms with E-state index in [9.17, 15) is 9.59 Å². The van der Waals surface area contributed by atoms with Gasteiger partial charge in [0.2, 0.25) is 0 Å². The Bertz CT molecular complexity index is 1210. The number of thiophene rings is 1. The Hall–Kier alpha value is -3.06. The van der Waals surface area contributed by atoms with Crippen LogP contribution in [-0.2, 0) is 24.1 Å². The lowest BCUT2D eigenvalue weighted by Gasteiger charge is -2.33. The third-order valence-electron chi connectivity index (χ3n) is 6.65. The Morgan fingerprint density at radius 2 is 1.94 bits per heavy atom. The first kappa shape index (κ1) is 21.8. The number of benzene rings is 1. The minimum absolute atomic E-state index is 0.0670. The van der Waals surface area contributed by atoms with E-state index in [4.69, 9.17) is 4.74 Å². The Morgan fingerprint density at radius 3 is 2.73 bits per heavy atom. The third kappa shape index (κ3) is 3.84. The first-order valence-corrected chi connectivity index (χ1v) is 12.4. The number of methoxy groups -OCH3 is 1. The number of anilines is 1. The number of nitrogens with one attached hydrogen (secondary N) is 1. The minimum atomic E-state index is -0.423. The fourth-order valence-electron chi connectivity index (χ4n) is 5.16. The molecule has 5 rings (SSSR count). The Kier molecular flexibility index (Phi) is 5.74. The number of hydrogen-bond acceptors (Lipinski definition) is 4. The number of ether oxygens (including phenoxy) is 1. The Morgan fingerprint density at radius 1 is 1.12 bits per heavy atom. The Balaban J connectivity index is 1.54. The molecule has 0 fully saturated rings. The molecule has 1 unspecified atom stereocenters. The van der Waals surface area contributed by atoms with Gasteiger partial charge >= 0.3 is 12.0 Å². The number of urea groups is 1. The van der Waals surface area contributed by atoms with Crippen LogP contribution in [0.1, 0.15) is 64.8 Å². The fraction of sp³-hybridized carbons (Fsp3) is 0.385. The molecule has 0 saturated carbocycles. The number of hydrogen-bond donors (Lipinski definition) is 1. The SMILES string of the molecule is COC(=O)c1cccc(NC(=O)N2Cc3c(sc4c3CCCC4)-n3cccc3C2C(C)C)c1. The van der Waals surface area contributed by atoms with Gasteiger partial charge in [-0.1, -0.05) is 19.9 Å². The highest BCUT2D eigenvalue weighted by molar-refractivity contribution is 7.15. The number of nitrogens with zero attached hydrogens (tertiary/aromatic N) is 2. The lowest BCUT2D eigenvalue weighted by atomic mass is 9.94. The average molecular weight is 464 g/mol.